The number of fused-ring (bicyclic) bond motifs is 1. The average molecular weight is 646 g/mol. The Hall–Kier alpha value is -4.45. The Morgan fingerprint density at radius 1 is 0.936 bits per heavy atom. The van der Waals surface area contributed by atoms with Gasteiger partial charge in [-0.1, -0.05) is 60.7 Å². The van der Waals surface area contributed by atoms with Gasteiger partial charge in [0.05, 0.1) is 31.3 Å². The van der Waals surface area contributed by atoms with Crippen LogP contribution in [-0.2, 0) is 31.8 Å². The van der Waals surface area contributed by atoms with E-state index in [1.165, 1.54) is 0 Å². The minimum absolute atomic E-state index is 0.0143. The summed E-state index contributed by atoms with van der Waals surface area (Å²) >= 11 is 0. The van der Waals surface area contributed by atoms with Crippen LogP contribution in [0.1, 0.15) is 45.5 Å². The Kier molecular flexibility index (Phi) is 11.5. The Balaban J connectivity index is 1.27. The van der Waals surface area contributed by atoms with Gasteiger partial charge in [0, 0.05) is 11.6 Å². The van der Waals surface area contributed by atoms with Crippen LogP contribution in [0.25, 0.3) is 0 Å². The van der Waals surface area contributed by atoms with Crippen LogP contribution in [0.3, 0.4) is 0 Å². The van der Waals surface area contributed by atoms with E-state index in [4.69, 9.17) is 24.7 Å². The zero-order valence-electron chi connectivity index (χ0n) is 26.7. The fraction of sp³-hybridized carbons (Fsp3) is 0.417. The van der Waals surface area contributed by atoms with Gasteiger partial charge in [-0.3, -0.25) is 9.59 Å². The van der Waals surface area contributed by atoms with Gasteiger partial charge in [0.25, 0.3) is 5.91 Å². The number of benzene rings is 3. The number of carbonyl (C=O) groups excluding carboxylic acids is 3. The molecule has 0 spiro atoms. The quantitative estimate of drug-likeness (QED) is 0.208. The van der Waals surface area contributed by atoms with Crippen molar-refractivity contribution in [1.82, 2.24) is 10.6 Å². The summed E-state index contributed by atoms with van der Waals surface area (Å²) in [6.45, 7) is 4.12. The second kappa shape index (κ2) is 15.9. The highest BCUT2D eigenvalue weighted by Crippen LogP contribution is 2.33. The number of rotatable bonds is 14. The third-order valence-corrected chi connectivity index (χ3v) is 8.62. The minimum atomic E-state index is -1.04. The molecular formula is C36H43N3O8. The van der Waals surface area contributed by atoms with Gasteiger partial charge >= 0.3 is 6.09 Å². The first kappa shape index (κ1) is 33.9. The Bertz CT molecular complexity index is 1500. The smallest absolute Gasteiger partial charge is 0.407 e. The lowest BCUT2D eigenvalue weighted by Crippen LogP contribution is -2.50. The highest BCUT2D eigenvalue weighted by Gasteiger charge is 2.44. The van der Waals surface area contributed by atoms with Crippen molar-refractivity contribution in [2.75, 3.05) is 19.8 Å². The van der Waals surface area contributed by atoms with Crippen molar-refractivity contribution in [1.29, 1.82) is 0 Å². The van der Waals surface area contributed by atoms with E-state index in [1.54, 1.807) is 26.0 Å². The molecule has 3 amide bonds. The monoisotopic (exact) mass is 645 g/mol. The second-order valence-corrected chi connectivity index (χ2v) is 12.3. The van der Waals surface area contributed by atoms with Crippen LogP contribution >= 0.6 is 0 Å². The predicted molar refractivity (Wildman–Crippen MR) is 174 cm³/mol. The number of alkyl carbamates (subject to hydrolysis) is 1. The number of hydrogen-bond donors (Lipinski definition) is 4. The number of ether oxygens (including phenoxy) is 4. The average Bonchev–Trinajstić information content (AvgIpc) is 3.66. The van der Waals surface area contributed by atoms with Gasteiger partial charge in [-0.15, -0.1) is 0 Å². The van der Waals surface area contributed by atoms with Crippen LogP contribution in [0.2, 0.25) is 0 Å². The lowest BCUT2D eigenvalue weighted by molar-refractivity contribution is -0.124. The van der Waals surface area contributed by atoms with Gasteiger partial charge in [0.1, 0.15) is 11.9 Å². The maximum absolute atomic E-state index is 13.2. The SMILES string of the molecule is Cc1cc(C(N)=O)cc(C)c1OCC(=O)N[C@@H](Cc1ccccc1)C[C@H](O)[C@H](Cc1ccccc1)NC(=O)O[C@H]1CO[C@H]2OCC[C@H]21. The molecule has 3 aromatic carbocycles. The third kappa shape index (κ3) is 9.31. The van der Waals surface area contributed by atoms with E-state index in [1.807, 2.05) is 60.7 Å². The summed E-state index contributed by atoms with van der Waals surface area (Å²) in [5.74, 6) is -0.434. The lowest BCUT2D eigenvalue weighted by Gasteiger charge is -2.29. The number of nitrogens with one attached hydrogen (secondary N) is 2. The van der Waals surface area contributed by atoms with Gasteiger partial charge in [0.15, 0.2) is 12.9 Å². The maximum atomic E-state index is 13.2. The molecule has 5 N–H and O–H groups in total. The number of amides is 3. The molecule has 3 aromatic rings. The van der Waals surface area contributed by atoms with E-state index in [0.717, 1.165) is 17.5 Å². The van der Waals surface area contributed by atoms with Gasteiger partial charge in [-0.05, 0) is 73.9 Å². The predicted octanol–water partition coefficient (Wildman–Crippen LogP) is 3.36. The zero-order valence-corrected chi connectivity index (χ0v) is 26.7. The van der Waals surface area contributed by atoms with E-state index in [9.17, 15) is 19.5 Å². The van der Waals surface area contributed by atoms with Crippen LogP contribution < -0.4 is 21.1 Å². The van der Waals surface area contributed by atoms with Crippen LogP contribution in [-0.4, -0.2) is 73.4 Å². The molecule has 11 nitrogen and oxygen atoms in total. The molecule has 0 aliphatic carbocycles. The molecule has 250 valence electrons. The molecule has 2 aliphatic heterocycles. The summed E-state index contributed by atoms with van der Waals surface area (Å²) in [5, 5.41) is 17.5. The van der Waals surface area contributed by atoms with Crippen LogP contribution in [0.15, 0.2) is 72.8 Å². The number of carbonyl (C=O) groups is 3. The molecular weight excluding hydrogens is 602 g/mol. The first-order valence-electron chi connectivity index (χ1n) is 16.0. The summed E-state index contributed by atoms with van der Waals surface area (Å²) in [7, 11) is 0. The van der Waals surface area contributed by atoms with Crippen molar-refractivity contribution in [3.63, 3.8) is 0 Å². The molecule has 0 unspecified atom stereocenters. The number of hydrogen-bond acceptors (Lipinski definition) is 8. The molecule has 0 radical (unpaired) electrons. The van der Waals surface area contributed by atoms with Crippen LogP contribution in [0.4, 0.5) is 4.79 Å². The number of aliphatic hydroxyl groups excluding tert-OH is 1. The van der Waals surface area contributed by atoms with Gasteiger partial charge in [-0.2, -0.15) is 0 Å². The largest absolute Gasteiger partial charge is 0.483 e. The van der Waals surface area contributed by atoms with E-state index < -0.39 is 36.3 Å². The van der Waals surface area contributed by atoms with E-state index >= 15 is 0 Å². The number of nitrogens with two attached hydrogens (primary N) is 1. The van der Waals surface area contributed by atoms with Crippen molar-refractivity contribution in [3.05, 3.63) is 101 Å². The molecule has 2 saturated heterocycles. The first-order valence-corrected chi connectivity index (χ1v) is 16.0. The molecule has 0 aromatic heterocycles. The van der Waals surface area contributed by atoms with Crippen LogP contribution in [0, 0.1) is 19.8 Å². The van der Waals surface area contributed by atoms with Crippen molar-refractivity contribution in [2.45, 2.75) is 70.1 Å². The number of primary amides is 1. The Labute approximate surface area is 274 Å². The summed E-state index contributed by atoms with van der Waals surface area (Å²) in [5.41, 5.74) is 9.06. The first-order chi connectivity index (χ1) is 22.7. The summed E-state index contributed by atoms with van der Waals surface area (Å²) in [6, 6.07) is 21.3. The standard InChI is InChI=1S/C36H43N3O8/c1-22-15-26(34(37)42)16-23(2)33(22)45-21-32(41)38-27(17-24-9-5-3-6-10-24)19-30(40)29(18-25-11-7-4-8-12-25)39-36(43)47-31-20-46-35-28(31)13-14-44-35/h3-12,15-16,27-31,35,40H,13-14,17-21H2,1-2H3,(H2,37,42)(H,38,41)(H,39,43)/t27-,28-,29-,30-,31-,35+/m0/s1. The maximum Gasteiger partial charge on any atom is 0.407 e. The Morgan fingerprint density at radius 3 is 2.21 bits per heavy atom. The molecule has 2 aliphatic rings. The summed E-state index contributed by atoms with van der Waals surface area (Å²) < 4.78 is 22.8. The highest BCUT2D eigenvalue weighted by molar-refractivity contribution is 5.93. The second-order valence-electron chi connectivity index (χ2n) is 12.3. The number of aryl methyl sites for hydroxylation is 2. The van der Waals surface area contributed by atoms with Crippen molar-refractivity contribution < 1.29 is 38.4 Å². The molecule has 11 heteroatoms. The van der Waals surface area contributed by atoms with E-state index in [0.29, 0.717) is 41.9 Å². The van der Waals surface area contributed by atoms with E-state index in [2.05, 4.69) is 10.6 Å². The number of aliphatic hydroxyl groups is 1. The molecule has 0 saturated carbocycles. The van der Waals surface area contributed by atoms with Gasteiger partial charge in [0.2, 0.25) is 5.91 Å². The Morgan fingerprint density at radius 2 is 1.57 bits per heavy atom. The van der Waals surface area contributed by atoms with Gasteiger partial charge < -0.3 is 40.4 Å². The van der Waals surface area contributed by atoms with Crippen molar-refractivity contribution in [2.24, 2.45) is 11.7 Å². The molecule has 5 rings (SSSR count). The molecule has 2 fully saturated rings. The molecule has 6 atom stereocenters. The topological polar surface area (TPSA) is 158 Å². The summed E-state index contributed by atoms with van der Waals surface area (Å²) in [4.78, 5) is 38.0. The summed E-state index contributed by atoms with van der Waals surface area (Å²) in [6.07, 6.45) is -0.769. The van der Waals surface area contributed by atoms with Crippen LogP contribution in [0.5, 0.6) is 5.75 Å². The normalized spacial score (nSPS) is 20.4. The zero-order chi connectivity index (χ0) is 33.3. The third-order valence-electron chi connectivity index (χ3n) is 8.62. The minimum Gasteiger partial charge on any atom is -0.483 e. The fourth-order valence-corrected chi connectivity index (χ4v) is 6.30. The van der Waals surface area contributed by atoms with Crippen molar-refractivity contribution in [3.8, 4) is 5.75 Å². The highest BCUT2D eigenvalue weighted by atomic mass is 16.7. The molecule has 2 heterocycles. The fourth-order valence-electron chi connectivity index (χ4n) is 6.30. The molecule has 0 bridgehead atoms. The molecule has 47 heavy (non-hydrogen) atoms. The van der Waals surface area contributed by atoms with Crippen molar-refractivity contribution >= 4 is 17.9 Å². The van der Waals surface area contributed by atoms with Gasteiger partial charge in [-0.25, -0.2) is 4.79 Å². The van der Waals surface area contributed by atoms with E-state index in [-0.39, 0.29) is 37.7 Å². The lowest BCUT2D eigenvalue weighted by atomic mass is 9.93.